The standard InChI is InChI=1S/C24H33FN2O3/c25-24(9-10-24)22(29)27-16-23(17-27)8-5-19(15-23)26-11-6-18(7-12-26)20-3-1-2-4-21(20)30-14-13-28/h1-4,18-19,28H,5-17H2/t19-/m0/s1. The molecule has 0 unspecified atom stereocenters. The van der Waals surface area contributed by atoms with E-state index < -0.39 is 5.67 Å². The normalized spacial score (nSPS) is 27.8. The topological polar surface area (TPSA) is 53.0 Å². The maximum Gasteiger partial charge on any atom is 0.260 e. The molecule has 1 amide bonds. The van der Waals surface area contributed by atoms with Crippen LogP contribution in [0.2, 0.25) is 0 Å². The number of hydrogen-bond acceptors (Lipinski definition) is 4. The Morgan fingerprint density at radius 3 is 2.57 bits per heavy atom. The number of aliphatic hydroxyl groups excluding tert-OH is 1. The van der Waals surface area contributed by atoms with E-state index >= 15 is 0 Å². The van der Waals surface area contributed by atoms with Crippen LogP contribution in [0.15, 0.2) is 24.3 Å². The molecule has 30 heavy (non-hydrogen) atoms. The molecule has 1 aromatic rings. The lowest BCUT2D eigenvalue weighted by Gasteiger charge is -2.49. The number of benzene rings is 1. The number of hydrogen-bond donors (Lipinski definition) is 1. The van der Waals surface area contributed by atoms with E-state index in [4.69, 9.17) is 9.84 Å². The number of nitrogens with zero attached hydrogens (tertiary/aromatic N) is 2. The second kappa shape index (κ2) is 7.79. The summed E-state index contributed by atoms with van der Waals surface area (Å²) in [5.41, 5.74) is -0.00637. The molecular weight excluding hydrogens is 383 g/mol. The first kappa shape index (κ1) is 20.3. The van der Waals surface area contributed by atoms with E-state index in [0.717, 1.165) is 51.2 Å². The Balaban J connectivity index is 1.13. The second-order valence-corrected chi connectivity index (χ2v) is 9.94. The lowest BCUT2D eigenvalue weighted by atomic mass is 9.77. The summed E-state index contributed by atoms with van der Waals surface area (Å²) < 4.78 is 19.8. The number of amides is 1. The van der Waals surface area contributed by atoms with E-state index in [-0.39, 0.29) is 17.9 Å². The number of likely N-dealkylation sites (tertiary alicyclic amines) is 2. The van der Waals surface area contributed by atoms with Gasteiger partial charge in [-0.2, -0.15) is 0 Å². The van der Waals surface area contributed by atoms with Gasteiger partial charge in [-0.1, -0.05) is 18.2 Å². The van der Waals surface area contributed by atoms with Gasteiger partial charge in [-0.05, 0) is 75.6 Å². The van der Waals surface area contributed by atoms with Gasteiger partial charge >= 0.3 is 0 Å². The summed E-state index contributed by atoms with van der Waals surface area (Å²) in [5, 5.41) is 9.07. The Morgan fingerprint density at radius 2 is 1.87 bits per heavy atom. The molecule has 0 bridgehead atoms. The molecule has 0 radical (unpaired) electrons. The molecule has 2 heterocycles. The molecule has 2 saturated carbocycles. The molecule has 2 aliphatic heterocycles. The summed E-state index contributed by atoms with van der Waals surface area (Å²) in [4.78, 5) is 16.6. The minimum absolute atomic E-state index is 0.0333. The number of rotatable bonds is 6. The highest BCUT2D eigenvalue weighted by atomic mass is 19.1. The molecular formula is C24H33FN2O3. The van der Waals surface area contributed by atoms with Gasteiger partial charge in [-0.3, -0.25) is 4.79 Å². The number of carbonyl (C=O) groups is 1. The first-order chi connectivity index (χ1) is 14.5. The van der Waals surface area contributed by atoms with E-state index in [2.05, 4.69) is 17.0 Å². The first-order valence-electron chi connectivity index (χ1n) is 11.6. The van der Waals surface area contributed by atoms with Gasteiger partial charge in [0.05, 0.1) is 6.61 Å². The van der Waals surface area contributed by atoms with Crippen LogP contribution in [-0.2, 0) is 4.79 Å². The zero-order chi connectivity index (χ0) is 20.8. The van der Waals surface area contributed by atoms with E-state index in [0.29, 0.717) is 31.4 Å². The second-order valence-electron chi connectivity index (χ2n) is 9.94. The summed E-state index contributed by atoms with van der Waals surface area (Å²) in [5.74, 6) is 1.16. The van der Waals surface area contributed by atoms with Gasteiger partial charge in [0.25, 0.3) is 5.91 Å². The summed E-state index contributed by atoms with van der Waals surface area (Å²) in [6, 6.07) is 8.83. The van der Waals surface area contributed by atoms with Crippen molar-refractivity contribution in [2.24, 2.45) is 5.41 Å². The fourth-order valence-corrected chi connectivity index (χ4v) is 5.97. The Hall–Kier alpha value is -1.66. The van der Waals surface area contributed by atoms with Gasteiger partial charge in [0.15, 0.2) is 5.67 Å². The highest BCUT2D eigenvalue weighted by molar-refractivity contribution is 5.88. The van der Waals surface area contributed by atoms with Gasteiger partial charge in [0.2, 0.25) is 0 Å². The molecule has 1 aromatic carbocycles. The highest BCUT2D eigenvalue weighted by Crippen LogP contribution is 2.51. The van der Waals surface area contributed by atoms with Crippen LogP contribution in [0.1, 0.15) is 56.4 Å². The minimum Gasteiger partial charge on any atom is -0.491 e. The van der Waals surface area contributed by atoms with E-state index in [1.807, 2.05) is 12.1 Å². The number of para-hydroxylation sites is 1. The molecule has 2 saturated heterocycles. The maximum absolute atomic E-state index is 14.1. The average molecular weight is 417 g/mol. The average Bonchev–Trinajstić information content (AvgIpc) is 3.34. The van der Waals surface area contributed by atoms with Gasteiger partial charge in [-0.15, -0.1) is 0 Å². The Morgan fingerprint density at radius 1 is 1.13 bits per heavy atom. The number of aliphatic hydroxyl groups is 1. The van der Waals surface area contributed by atoms with Gasteiger partial charge in [-0.25, -0.2) is 4.39 Å². The molecule has 0 aromatic heterocycles. The summed E-state index contributed by atoms with van der Waals surface area (Å²) in [6.45, 7) is 4.08. The van der Waals surface area contributed by atoms with E-state index in [1.165, 1.54) is 18.4 Å². The Kier molecular flexibility index (Phi) is 5.26. The number of ether oxygens (including phenoxy) is 1. The van der Waals surface area contributed by atoms with Crippen molar-refractivity contribution in [3.63, 3.8) is 0 Å². The molecule has 6 heteroatoms. The van der Waals surface area contributed by atoms with Gasteiger partial charge < -0.3 is 19.6 Å². The summed E-state index contributed by atoms with van der Waals surface area (Å²) >= 11 is 0. The fourth-order valence-electron chi connectivity index (χ4n) is 5.97. The molecule has 2 aliphatic carbocycles. The van der Waals surface area contributed by atoms with Crippen LogP contribution < -0.4 is 4.74 Å². The third kappa shape index (κ3) is 3.73. The van der Waals surface area contributed by atoms with Crippen molar-refractivity contribution in [1.82, 2.24) is 9.80 Å². The largest absolute Gasteiger partial charge is 0.491 e. The van der Waals surface area contributed by atoms with Crippen molar-refractivity contribution in [2.75, 3.05) is 39.4 Å². The third-order valence-corrected chi connectivity index (χ3v) is 7.84. The fraction of sp³-hybridized carbons (Fsp3) is 0.708. The molecule has 1 spiro atoms. The third-order valence-electron chi connectivity index (χ3n) is 7.84. The quantitative estimate of drug-likeness (QED) is 0.774. The van der Waals surface area contributed by atoms with Crippen molar-refractivity contribution in [2.45, 2.75) is 62.6 Å². The Bertz CT molecular complexity index is 782. The van der Waals surface area contributed by atoms with Crippen LogP contribution >= 0.6 is 0 Å². The summed E-state index contributed by atoms with van der Waals surface area (Å²) in [7, 11) is 0. The smallest absolute Gasteiger partial charge is 0.260 e. The monoisotopic (exact) mass is 416 g/mol. The van der Waals surface area contributed by atoms with E-state index in [9.17, 15) is 9.18 Å². The van der Waals surface area contributed by atoms with Crippen LogP contribution in [0.3, 0.4) is 0 Å². The number of carbonyl (C=O) groups excluding carboxylic acids is 1. The molecule has 1 atom stereocenters. The SMILES string of the molecule is O=C(N1CC2(CC[C@H](N3CCC(c4ccccc4OCCO)CC3)C2)C1)C1(F)CC1. The van der Waals surface area contributed by atoms with Crippen LogP contribution in [0.4, 0.5) is 4.39 Å². The lowest BCUT2D eigenvalue weighted by molar-refractivity contribution is -0.150. The zero-order valence-electron chi connectivity index (χ0n) is 17.7. The molecule has 1 N–H and O–H groups in total. The van der Waals surface area contributed by atoms with Crippen molar-refractivity contribution >= 4 is 5.91 Å². The Labute approximate surface area is 178 Å². The van der Waals surface area contributed by atoms with Crippen LogP contribution in [0.5, 0.6) is 5.75 Å². The maximum atomic E-state index is 14.1. The van der Waals surface area contributed by atoms with Gasteiger partial charge in [0, 0.05) is 24.5 Å². The van der Waals surface area contributed by atoms with E-state index in [1.54, 1.807) is 4.90 Å². The first-order valence-corrected chi connectivity index (χ1v) is 11.6. The van der Waals surface area contributed by atoms with Crippen molar-refractivity contribution < 1.29 is 19.0 Å². The summed E-state index contributed by atoms with van der Waals surface area (Å²) in [6.07, 6.45) is 6.59. The highest BCUT2D eigenvalue weighted by Gasteiger charge is 2.58. The molecule has 5 nitrogen and oxygen atoms in total. The molecule has 5 rings (SSSR count). The zero-order valence-corrected chi connectivity index (χ0v) is 17.7. The molecule has 4 aliphatic rings. The molecule has 164 valence electrons. The molecule has 4 fully saturated rings. The van der Waals surface area contributed by atoms with Crippen LogP contribution in [0, 0.1) is 5.41 Å². The van der Waals surface area contributed by atoms with Crippen LogP contribution in [-0.4, -0.2) is 71.9 Å². The van der Waals surface area contributed by atoms with Crippen molar-refractivity contribution in [3.05, 3.63) is 29.8 Å². The number of alkyl halides is 1. The minimum atomic E-state index is -1.52. The number of halogens is 1. The van der Waals surface area contributed by atoms with Crippen molar-refractivity contribution in [1.29, 1.82) is 0 Å². The predicted octanol–water partition coefficient (Wildman–Crippen LogP) is 3.12. The predicted molar refractivity (Wildman–Crippen MR) is 112 cm³/mol. The van der Waals surface area contributed by atoms with Gasteiger partial charge in [0.1, 0.15) is 12.4 Å². The lowest BCUT2D eigenvalue weighted by Crippen LogP contribution is -2.60. The van der Waals surface area contributed by atoms with Crippen molar-refractivity contribution in [3.8, 4) is 5.75 Å². The van der Waals surface area contributed by atoms with Crippen LogP contribution in [0.25, 0.3) is 0 Å². The number of piperidine rings is 1.